The normalized spacial score (nSPS) is 22.6. The number of amides is 2. The number of hydrogen-bond donors (Lipinski definition) is 0. The minimum Gasteiger partial charge on any atom is -0.332 e. The SMILES string of the molecule is Cc1nc([C@H]2CCCN2C(=O)CC2CCCC2)nc2c1CCC(=O)N2CC(C)C. The van der Waals surface area contributed by atoms with Crippen LogP contribution in [0.15, 0.2) is 0 Å². The maximum absolute atomic E-state index is 13.0. The first-order valence-electron chi connectivity index (χ1n) is 11.4. The second-order valence-electron chi connectivity index (χ2n) is 9.47. The topological polar surface area (TPSA) is 66.4 Å². The van der Waals surface area contributed by atoms with Gasteiger partial charge in [0, 0.05) is 37.2 Å². The summed E-state index contributed by atoms with van der Waals surface area (Å²) >= 11 is 0. The van der Waals surface area contributed by atoms with Gasteiger partial charge in [-0.05, 0) is 50.9 Å². The number of aromatic nitrogens is 2. The van der Waals surface area contributed by atoms with Gasteiger partial charge in [0.1, 0.15) is 5.82 Å². The Labute approximate surface area is 174 Å². The lowest BCUT2D eigenvalue weighted by Gasteiger charge is -2.32. The zero-order valence-corrected chi connectivity index (χ0v) is 18.1. The molecule has 2 aliphatic heterocycles. The Kier molecular flexibility index (Phi) is 5.88. The van der Waals surface area contributed by atoms with E-state index in [0.717, 1.165) is 42.3 Å². The number of aryl methyl sites for hydroxylation is 1. The van der Waals surface area contributed by atoms with Crippen LogP contribution in [0.2, 0.25) is 0 Å². The molecule has 1 aliphatic carbocycles. The molecule has 0 unspecified atom stereocenters. The Morgan fingerprint density at radius 1 is 1.10 bits per heavy atom. The number of fused-ring (bicyclic) bond motifs is 1. The van der Waals surface area contributed by atoms with Crippen molar-refractivity contribution in [2.45, 2.75) is 84.6 Å². The van der Waals surface area contributed by atoms with Crippen molar-refractivity contribution in [1.82, 2.24) is 14.9 Å². The molecule has 158 valence electrons. The number of likely N-dealkylation sites (tertiary alicyclic amines) is 1. The molecular weight excluding hydrogens is 364 g/mol. The molecule has 6 heteroatoms. The van der Waals surface area contributed by atoms with Gasteiger partial charge in [-0.25, -0.2) is 9.97 Å². The molecule has 2 amide bonds. The van der Waals surface area contributed by atoms with Gasteiger partial charge in [0.15, 0.2) is 5.82 Å². The van der Waals surface area contributed by atoms with E-state index < -0.39 is 0 Å². The Balaban J connectivity index is 1.60. The molecule has 1 aromatic heterocycles. The third-order valence-electron chi connectivity index (χ3n) is 6.71. The van der Waals surface area contributed by atoms with Gasteiger partial charge in [0.2, 0.25) is 11.8 Å². The summed E-state index contributed by atoms with van der Waals surface area (Å²) in [5.74, 6) is 2.84. The zero-order chi connectivity index (χ0) is 20.5. The fourth-order valence-electron chi connectivity index (χ4n) is 5.22. The van der Waals surface area contributed by atoms with E-state index in [1.54, 1.807) is 0 Å². The van der Waals surface area contributed by atoms with Crippen molar-refractivity contribution in [3.63, 3.8) is 0 Å². The molecule has 0 aromatic carbocycles. The summed E-state index contributed by atoms with van der Waals surface area (Å²) in [6.45, 7) is 7.74. The first-order valence-corrected chi connectivity index (χ1v) is 11.4. The summed E-state index contributed by atoms with van der Waals surface area (Å²) in [5.41, 5.74) is 2.05. The van der Waals surface area contributed by atoms with Crippen molar-refractivity contribution < 1.29 is 9.59 Å². The number of carbonyl (C=O) groups excluding carboxylic acids is 2. The first kappa shape index (κ1) is 20.3. The third-order valence-corrected chi connectivity index (χ3v) is 6.71. The molecule has 2 fully saturated rings. The summed E-state index contributed by atoms with van der Waals surface area (Å²) in [5, 5.41) is 0. The predicted molar refractivity (Wildman–Crippen MR) is 113 cm³/mol. The molecule has 1 saturated carbocycles. The van der Waals surface area contributed by atoms with Crippen LogP contribution >= 0.6 is 0 Å². The van der Waals surface area contributed by atoms with Crippen LogP contribution in [0.3, 0.4) is 0 Å². The van der Waals surface area contributed by atoms with Crippen LogP contribution in [0.25, 0.3) is 0 Å². The van der Waals surface area contributed by atoms with Crippen molar-refractivity contribution in [3.8, 4) is 0 Å². The average Bonchev–Trinajstić information content (AvgIpc) is 3.35. The highest BCUT2D eigenvalue weighted by Gasteiger charge is 2.36. The summed E-state index contributed by atoms with van der Waals surface area (Å²) in [6.07, 6.45) is 8.70. The van der Waals surface area contributed by atoms with Crippen LogP contribution in [0.5, 0.6) is 0 Å². The van der Waals surface area contributed by atoms with Crippen molar-refractivity contribution >= 4 is 17.6 Å². The fraction of sp³-hybridized carbons (Fsp3) is 0.739. The highest BCUT2D eigenvalue weighted by Crippen LogP contribution is 2.36. The average molecular weight is 399 g/mol. The van der Waals surface area contributed by atoms with E-state index in [4.69, 9.17) is 9.97 Å². The van der Waals surface area contributed by atoms with Gasteiger partial charge in [0.25, 0.3) is 0 Å². The largest absolute Gasteiger partial charge is 0.332 e. The molecule has 4 rings (SSSR count). The molecular formula is C23H34N4O2. The Morgan fingerprint density at radius 3 is 2.59 bits per heavy atom. The Morgan fingerprint density at radius 2 is 1.86 bits per heavy atom. The molecule has 1 atom stereocenters. The fourth-order valence-corrected chi connectivity index (χ4v) is 5.22. The minimum atomic E-state index is -0.0502. The highest BCUT2D eigenvalue weighted by molar-refractivity contribution is 5.95. The van der Waals surface area contributed by atoms with Crippen LogP contribution in [-0.4, -0.2) is 39.8 Å². The maximum atomic E-state index is 13.0. The summed E-state index contributed by atoms with van der Waals surface area (Å²) < 4.78 is 0. The van der Waals surface area contributed by atoms with Crippen molar-refractivity contribution in [1.29, 1.82) is 0 Å². The van der Waals surface area contributed by atoms with E-state index in [1.807, 2.05) is 16.7 Å². The zero-order valence-electron chi connectivity index (χ0n) is 18.1. The van der Waals surface area contributed by atoms with Gasteiger partial charge in [-0.3, -0.25) is 14.5 Å². The lowest BCUT2D eigenvalue weighted by Crippen LogP contribution is -2.40. The molecule has 29 heavy (non-hydrogen) atoms. The summed E-state index contributed by atoms with van der Waals surface area (Å²) in [4.78, 5) is 39.2. The summed E-state index contributed by atoms with van der Waals surface area (Å²) in [7, 11) is 0. The molecule has 0 spiro atoms. The Bertz CT molecular complexity index is 785. The van der Waals surface area contributed by atoms with Crippen LogP contribution < -0.4 is 4.90 Å². The van der Waals surface area contributed by atoms with Crippen molar-refractivity contribution in [2.75, 3.05) is 18.0 Å². The molecule has 0 N–H and O–H groups in total. The minimum absolute atomic E-state index is 0.0502. The smallest absolute Gasteiger partial charge is 0.228 e. The second kappa shape index (κ2) is 8.41. The van der Waals surface area contributed by atoms with E-state index in [9.17, 15) is 9.59 Å². The van der Waals surface area contributed by atoms with Gasteiger partial charge >= 0.3 is 0 Å². The highest BCUT2D eigenvalue weighted by atomic mass is 16.2. The molecule has 0 bridgehead atoms. The third kappa shape index (κ3) is 4.17. The van der Waals surface area contributed by atoms with E-state index >= 15 is 0 Å². The first-order chi connectivity index (χ1) is 13.9. The van der Waals surface area contributed by atoms with Gasteiger partial charge in [-0.15, -0.1) is 0 Å². The number of anilines is 1. The van der Waals surface area contributed by atoms with E-state index in [0.29, 0.717) is 37.6 Å². The monoisotopic (exact) mass is 398 g/mol. The molecule has 0 radical (unpaired) electrons. The van der Waals surface area contributed by atoms with Gasteiger partial charge in [-0.2, -0.15) is 0 Å². The van der Waals surface area contributed by atoms with Crippen molar-refractivity contribution in [2.24, 2.45) is 11.8 Å². The lowest BCUT2D eigenvalue weighted by atomic mass is 10.0. The van der Waals surface area contributed by atoms with Gasteiger partial charge in [0.05, 0.1) is 6.04 Å². The number of hydrogen-bond acceptors (Lipinski definition) is 4. The molecule has 6 nitrogen and oxygen atoms in total. The van der Waals surface area contributed by atoms with Crippen LogP contribution in [0, 0.1) is 18.8 Å². The number of rotatable bonds is 5. The molecule has 3 heterocycles. The number of carbonyl (C=O) groups is 2. The van der Waals surface area contributed by atoms with E-state index in [1.165, 1.54) is 25.7 Å². The molecule has 1 saturated heterocycles. The second-order valence-corrected chi connectivity index (χ2v) is 9.47. The number of nitrogens with zero attached hydrogens (tertiary/aromatic N) is 4. The lowest BCUT2D eigenvalue weighted by molar-refractivity contribution is -0.133. The van der Waals surface area contributed by atoms with Crippen LogP contribution in [0.4, 0.5) is 5.82 Å². The van der Waals surface area contributed by atoms with E-state index in [2.05, 4.69) is 13.8 Å². The van der Waals surface area contributed by atoms with Crippen LogP contribution in [0.1, 0.15) is 88.3 Å². The standard InChI is InChI=1S/C23H34N4O2/c1-15(2)14-27-20(28)11-10-18-16(3)24-22(25-23(18)27)19-9-6-12-26(19)21(29)13-17-7-4-5-8-17/h15,17,19H,4-14H2,1-3H3/t19-/m1/s1. The predicted octanol–water partition coefficient (Wildman–Crippen LogP) is 3.96. The Hall–Kier alpha value is -1.98. The summed E-state index contributed by atoms with van der Waals surface area (Å²) in [6, 6.07) is -0.0502. The maximum Gasteiger partial charge on any atom is 0.228 e. The molecule has 3 aliphatic rings. The molecule has 1 aromatic rings. The quantitative estimate of drug-likeness (QED) is 0.753. The van der Waals surface area contributed by atoms with Gasteiger partial charge < -0.3 is 4.90 Å². The van der Waals surface area contributed by atoms with Crippen molar-refractivity contribution in [3.05, 3.63) is 17.1 Å². The van der Waals surface area contributed by atoms with Gasteiger partial charge in [-0.1, -0.05) is 26.7 Å². The van der Waals surface area contributed by atoms with E-state index in [-0.39, 0.29) is 17.9 Å². The van der Waals surface area contributed by atoms with Crippen LogP contribution in [-0.2, 0) is 16.0 Å².